The fourth-order valence-corrected chi connectivity index (χ4v) is 5.38. The Morgan fingerprint density at radius 3 is 2.51 bits per heavy atom. The summed E-state index contributed by atoms with van der Waals surface area (Å²) in [4.78, 5) is 28.8. The molecule has 0 aliphatic carbocycles. The summed E-state index contributed by atoms with van der Waals surface area (Å²) in [5.41, 5.74) is 4.35. The molecule has 2 aliphatic heterocycles. The van der Waals surface area contributed by atoms with Gasteiger partial charge in [-0.3, -0.25) is 9.59 Å². The van der Waals surface area contributed by atoms with Crippen molar-refractivity contribution in [1.82, 2.24) is 19.7 Å². The van der Waals surface area contributed by atoms with Crippen molar-refractivity contribution < 1.29 is 9.59 Å². The SMILES string of the molecule is O=C(Nc1cccc(-c2nnc3n2CCCCC3)c1)[C@H]1Cc2ccccc2CN1C(=O)c1ccccc1. The van der Waals surface area contributed by atoms with Crippen molar-refractivity contribution in [3.63, 3.8) is 0 Å². The van der Waals surface area contributed by atoms with Crippen molar-refractivity contribution in [3.05, 3.63) is 101 Å². The number of amides is 2. The lowest BCUT2D eigenvalue weighted by Gasteiger charge is -2.36. The maximum atomic E-state index is 13.7. The van der Waals surface area contributed by atoms with Gasteiger partial charge in [0.25, 0.3) is 5.91 Å². The Morgan fingerprint density at radius 1 is 0.838 bits per heavy atom. The van der Waals surface area contributed by atoms with Crippen LogP contribution in [0.1, 0.15) is 46.6 Å². The Balaban J connectivity index is 1.27. The van der Waals surface area contributed by atoms with Crippen LogP contribution in [0.3, 0.4) is 0 Å². The van der Waals surface area contributed by atoms with Gasteiger partial charge in [0.2, 0.25) is 5.91 Å². The van der Waals surface area contributed by atoms with E-state index in [9.17, 15) is 9.59 Å². The Labute approximate surface area is 216 Å². The lowest BCUT2D eigenvalue weighted by Crippen LogP contribution is -2.50. The van der Waals surface area contributed by atoms with Crippen LogP contribution in [0.15, 0.2) is 78.9 Å². The van der Waals surface area contributed by atoms with Gasteiger partial charge in [-0.1, -0.05) is 61.0 Å². The molecule has 2 amide bonds. The van der Waals surface area contributed by atoms with E-state index in [4.69, 9.17) is 0 Å². The second-order valence-corrected chi connectivity index (χ2v) is 9.76. The van der Waals surface area contributed by atoms with Crippen molar-refractivity contribution in [2.24, 2.45) is 0 Å². The van der Waals surface area contributed by atoms with Crippen LogP contribution in [0.25, 0.3) is 11.4 Å². The number of hydrogen-bond acceptors (Lipinski definition) is 4. The molecule has 6 rings (SSSR count). The molecule has 2 aliphatic rings. The molecular formula is C30H29N5O2. The largest absolute Gasteiger partial charge is 0.324 e. The first-order valence-corrected chi connectivity index (χ1v) is 12.9. The number of anilines is 1. The van der Waals surface area contributed by atoms with Crippen LogP contribution in [-0.4, -0.2) is 37.5 Å². The molecule has 37 heavy (non-hydrogen) atoms. The van der Waals surface area contributed by atoms with Gasteiger partial charge in [-0.15, -0.1) is 10.2 Å². The molecular weight excluding hydrogens is 462 g/mol. The second-order valence-electron chi connectivity index (χ2n) is 9.76. The third-order valence-electron chi connectivity index (χ3n) is 7.33. The number of carbonyl (C=O) groups excluding carboxylic acids is 2. The summed E-state index contributed by atoms with van der Waals surface area (Å²) >= 11 is 0. The average Bonchev–Trinajstić information content (AvgIpc) is 3.20. The van der Waals surface area contributed by atoms with Gasteiger partial charge < -0.3 is 14.8 Å². The highest BCUT2D eigenvalue weighted by Crippen LogP contribution is 2.28. The number of aromatic nitrogens is 3. The van der Waals surface area contributed by atoms with E-state index in [1.54, 1.807) is 17.0 Å². The third-order valence-corrected chi connectivity index (χ3v) is 7.33. The van der Waals surface area contributed by atoms with E-state index < -0.39 is 6.04 Å². The zero-order chi connectivity index (χ0) is 25.2. The number of benzene rings is 3. The summed E-state index contributed by atoms with van der Waals surface area (Å²) in [6.45, 7) is 1.31. The topological polar surface area (TPSA) is 80.1 Å². The summed E-state index contributed by atoms with van der Waals surface area (Å²) < 4.78 is 2.20. The Hall–Kier alpha value is -4.26. The highest BCUT2D eigenvalue weighted by atomic mass is 16.2. The van der Waals surface area contributed by atoms with Crippen molar-refractivity contribution in [1.29, 1.82) is 0 Å². The van der Waals surface area contributed by atoms with E-state index in [0.717, 1.165) is 54.1 Å². The van der Waals surface area contributed by atoms with Gasteiger partial charge in [-0.25, -0.2) is 0 Å². The lowest BCUT2D eigenvalue weighted by molar-refractivity contribution is -0.121. The normalized spacial score (nSPS) is 16.9. The Kier molecular flexibility index (Phi) is 6.26. The lowest BCUT2D eigenvalue weighted by atomic mass is 9.92. The van der Waals surface area contributed by atoms with Crippen LogP contribution in [0, 0.1) is 0 Å². The first kappa shape index (κ1) is 23.2. The van der Waals surface area contributed by atoms with Gasteiger partial charge in [0.1, 0.15) is 11.9 Å². The second kappa shape index (κ2) is 10.0. The Morgan fingerprint density at radius 2 is 1.65 bits per heavy atom. The fraction of sp³-hybridized carbons (Fsp3) is 0.267. The summed E-state index contributed by atoms with van der Waals surface area (Å²) in [7, 11) is 0. The number of hydrogen-bond donors (Lipinski definition) is 1. The van der Waals surface area contributed by atoms with Crippen molar-refractivity contribution >= 4 is 17.5 Å². The van der Waals surface area contributed by atoms with E-state index in [-0.39, 0.29) is 11.8 Å². The predicted octanol–water partition coefficient (Wildman–Crippen LogP) is 4.88. The van der Waals surface area contributed by atoms with E-state index in [0.29, 0.717) is 24.2 Å². The molecule has 3 heterocycles. The zero-order valence-corrected chi connectivity index (χ0v) is 20.6. The molecule has 0 fully saturated rings. The average molecular weight is 492 g/mol. The summed E-state index contributed by atoms with van der Waals surface area (Å²) in [6, 6.07) is 24.3. The summed E-state index contributed by atoms with van der Waals surface area (Å²) in [6.07, 6.45) is 4.86. The summed E-state index contributed by atoms with van der Waals surface area (Å²) in [5.74, 6) is 1.52. The van der Waals surface area contributed by atoms with Crippen LogP contribution in [0.2, 0.25) is 0 Å². The molecule has 0 bridgehead atoms. The van der Waals surface area contributed by atoms with E-state index in [1.807, 2.05) is 66.7 Å². The number of rotatable bonds is 4. The van der Waals surface area contributed by atoms with Crippen LogP contribution < -0.4 is 5.32 Å². The van der Waals surface area contributed by atoms with Gasteiger partial charge in [0.05, 0.1) is 0 Å². The maximum Gasteiger partial charge on any atom is 0.254 e. The molecule has 1 N–H and O–H groups in total. The molecule has 0 saturated carbocycles. The molecule has 0 spiro atoms. The smallest absolute Gasteiger partial charge is 0.254 e. The van der Waals surface area contributed by atoms with E-state index in [1.165, 1.54) is 6.42 Å². The molecule has 186 valence electrons. The third kappa shape index (κ3) is 4.65. The molecule has 1 atom stereocenters. The predicted molar refractivity (Wildman–Crippen MR) is 142 cm³/mol. The minimum absolute atomic E-state index is 0.143. The highest BCUT2D eigenvalue weighted by molar-refractivity contribution is 6.01. The number of nitrogens with one attached hydrogen (secondary N) is 1. The van der Waals surface area contributed by atoms with Gasteiger partial charge in [0, 0.05) is 42.7 Å². The van der Waals surface area contributed by atoms with Crippen LogP contribution >= 0.6 is 0 Å². The molecule has 0 radical (unpaired) electrons. The number of carbonyl (C=O) groups is 2. The van der Waals surface area contributed by atoms with Gasteiger partial charge in [-0.2, -0.15) is 0 Å². The van der Waals surface area contributed by atoms with E-state index in [2.05, 4.69) is 20.1 Å². The van der Waals surface area contributed by atoms with Crippen molar-refractivity contribution in [2.45, 2.75) is 51.2 Å². The number of nitrogens with zero attached hydrogens (tertiary/aromatic N) is 4. The summed E-state index contributed by atoms with van der Waals surface area (Å²) in [5, 5.41) is 12.0. The van der Waals surface area contributed by atoms with Crippen molar-refractivity contribution in [3.8, 4) is 11.4 Å². The molecule has 4 aromatic rings. The van der Waals surface area contributed by atoms with Gasteiger partial charge in [0.15, 0.2) is 5.82 Å². The maximum absolute atomic E-state index is 13.7. The van der Waals surface area contributed by atoms with Crippen LogP contribution in [0.4, 0.5) is 5.69 Å². The van der Waals surface area contributed by atoms with Crippen LogP contribution in [-0.2, 0) is 30.7 Å². The van der Waals surface area contributed by atoms with Crippen LogP contribution in [0.5, 0.6) is 0 Å². The molecule has 7 heteroatoms. The zero-order valence-electron chi connectivity index (χ0n) is 20.6. The fourth-order valence-electron chi connectivity index (χ4n) is 5.38. The highest BCUT2D eigenvalue weighted by Gasteiger charge is 2.35. The minimum atomic E-state index is -0.615. The standard InChI is InChI=1S/C30H29N5O2/c36-29(31-25-15-9-14-23(18-25)28-33-32-27-16-5-2-8-17-34(27)28)26-19-22-12-6-7-13-24(22)20-35(26)30(37)21-10-3-1-4-11-21/h1,3-4,6-7,9-15,18,26H,2,5,8,16-17,19-20H2,(H,31,36)/t26-/m1/s1. The van der Waals surface area contributed by atoms with E-state index >= 15 is 0 Å². The molecule has 1 aromatic heterocycles. The molecule has 3 aromatic carbocycles. The van der Waals surface area contributed by atoms with Gasteiger partial charge >= 0.3 is 0 Å². The monoisotopic (exact) mass is 491 g/mol. The minimum Gasteiger partial charge on any atom is -0.324 e. The Bertz CT molecular complexity index is 1450. The molecule has 0 saturated heterocycles. The molecule has 7 nitrogen and oxygen atoms in total. The van der Waals surface area contributed by atoms with Crippen molar-refractivity contribution in [2.75, 3.05) is 5.32 Å². The quantitative estimate of drug-likeness (QED) is 0.441. The first-order valence-electron chi connectivity index (χ1n) is 12.9. The first-order chi connectivity index (χ1) is 18.2. The molecule has 0 unspecified atom stereocenters. The number of aryl methyl sites for hydroxylation is 1. The van der Waals surface area contributed by atoms with Gasteiger partial charge in [-0.05, 0) is 48.2 Å². The number of fused-ring (bicyclic) bond motifs is 2.